The van der Waals surface area contributed by atoms with E-state index < -0.39 is 23.5 Å². The van der Waals surface area contributed by atoms with Crippen molar-refractivity contribution in [3.8, 4) is 28.3 Å². The molecule has 0 aliphatic heterocycles. The summed E-state index contributed by atoms with van der Waals surface area (Å²) < 4.78 is 86.1. The van der Waals surface area contributed by atoms with E-state index in [1.807, 2.05) is 74.5 Å². The van der Waals surface area contributed by atoms with E-state index in [1.165, 1.54) is 30.3 Å². The number of para-hydroxylation sites is 2. The van der Waals surface area contributed by atoms with Crippen LogP contribution in [-0.4, -0.2) is 23.4 Å². The lowest BCUT2D eigenvalue weighted by molar-refractivity contribution is -0.137. The number of hydrogen-bond donors (Lipinski definition) is 1. The lowest BCUT2D eigenvalue weighted by Gasteiger charge is -2.17. The van der Waals surface area contributed by atoms with Crippen LogP contribution in [0.1, 0.15) is 43.7 Å². The molecule has 7 rings (SSSR count). The highest BCUT2D eigenvalue weighted by atomic mass is 19.4. The second kappa shape index (κ2) is 16.1. The highest BCUT2D eigenvalue weighted by Gasteiger charge is 2.35. The molecule has 280 valence electrons. The number of aryl methyl sites for hydroxylation is 2. The van der Waals surface area contributed by atoms with Crippen LogP contribution in [0.2, 0.25) is 0 Å². The Hall–Kier alpha value is -6.07. The van der Waals surface area contributed by atoms with Crippen molar-refractivity contribution in [2.75, 3.05) is 7.11 Å². The molecule has 0 fully saturated rings. The highest BCUT2D eigenvalue weighted by molar-refractivity contribution is 5.95. The minimum absolute atomic E-state index is 0.0507. The van der Waals surface area contributed by atoms with Crippen LogP contribution in [0.15, 0.2) is 121 Å². The SMILES string of the molecule is COc1ccc(CNCc2cc3cccc(C)c3nc2-c2ccccc2C(F)(F)F)cc1.Cc1cccc2cc(C=O)c(-c3ccccc3C(F)(F)F)nc12. The number of aromatic nitrogens is 2. The summed E-state index contributed by atoms with van der Waals surface area (Å²) in [7, 11) is 1.61. The average molecular weight is 752 g/mol. The third-order valence-corrected chi connectivity index (χ3v) is 9.11. The number of carbonyl (C=O) groups excluding carboxylic acids is 1. The van der Waals surface area contributed by atoms with Crippen molar-refractivity contribution in [3.63, 3.8) is 0 Å². The van der Waals surface area contributed by atoms with Gasteiger partial charge >= 0.3 is 12.4 Å². The van der Waals surface area contributed by atoms with Crippen molar-refractivity contribution < 1.29 is 35.9 Å². The molecule has 0 atom stereocenters. The van der Waals surface area contributed by atoms with Gasteiger partial charge in [-0.3, -0.25) is 4.79 Å². The molecule has 0 radical (unpaired) electrons. The number of carbonyl (C=O) groups is 1. The molecule has 2 aromatic heterocycles. The number of ether oxygens (including phenoxy) is 1. The minimum atomic E-state index is -4.51. The van der Waals surface area contributed by atoms with Gasteiger partial charge in [0.05, 0.1) is 40.7 Å². The molecule has 0 saturated carbocycles. The second-order valence-electron chi connectivity index (χ2n) is 12.9. The smallest absolute Gasteiger partial charge is 0.417 e. The maximum atomic E-state index is 13.7. The first kappa shape index (κ1) is 38.6. The van der Waals surface area contributed by atoms with E-state index in [0.29, 0.717) is 41.7 Å². The quantitative estimate of drug-likeness (QED) is 0.124. The van der Waals surface area contributed by atoms with Gasteiger partial charge in [0.25, 0.3) is 0 Å². The Balaban J connectivity index is 0.000000197. The summed E-state index contributed by atoms with van der Waals surface area (Å²) in [6, 6.07) is 33.1. The lowest BCUT2D eigenvalue weighted by Crippen LogP contribution is -2.15. The van der Waals surface area contributed by atoms with Crippen LogP contribution in [-0.2, 0) is 25.4 Å². The molecule has 0 aliphatic rings. The largest absolute Gasteiger partial charge is 0.497 e. The molecular weight excluding hydrogens is 716 g/mol. The number of nitrogens with one attached hydrogen (secondary N) is 1. The predicted molar refractivity (Wildman–Crippen MR) is 203 cm³/mol. The number of alkyl halides is 6. The van der Waals surface area contributed by atoms with E-state index in [0.717, 1.165) is 45.3 Å². The second-order valence-corrected chi connectivity index (χ2v) is 12.9. The van der Waals surface area contributed by atoms with Crippen LogP contribution in [0.4, 0.5) is 26.3 Å². The number of methoxy groups -OCH3 is 1. The number of fused-ring (bicyclic) bond motifs is 2. The maximum Gasteiger partial charge on any atom is 0.417 e. The number of aldehydes is 1. The van der Waals surface area contributed by atoms with Crippen LogP contribution in [0.5, 0.6) is 5.75 Å². The number of pyridine rings is 2. The van der Waals surface area contributed by atoms with Gasteiger partial charge in [-0.2, -0.15) is 26.3 Å². The van der Waals surface area contributed by atoms with Crippen molar-refractivity contribution in [3.05, 3.63) is 160 Å². The summed E-state index contributed by atoms with van der Waals surface area (Å²) in [6.07, 6.45) is -8.44. The van der Waals surface area contributed by atoms with Crippen LogP contribution in [0.25, 0.3) is 44.3 Å². The topological polar surface area (TPSA) is 64.1 Å². The van der Waals surface area contributed by atoms with Gasteiger partial charge in [0.2, 0.25) is 0 Å². The van der Waals surface area contributed by atoms with Gasteiger partial charge in [0.1, 0.15) is 5.75 Å². The third-order valence-electron chi connectivity index (χ3n) is 9.11. The fourth-order valence-electron chi connectivity index (χ4n) is 6.39. The van der Waals surface area contributed by atoms with Crippen molar-refractivity contribution in [1.29, 1.82) is 0 Å². The molecule has 0 bridgehead atoms. The fourth-order valence-corrected chi connectivity index (χ4v) is 6.39. The van der Waals surface area contributed by atoms with Gasteiger partial charge in [-0.1, -0.05) is 84.9 Å². The molecule has 55 heavy (non-hydrogen) atoms. The molecular formula is C44H35F6N3O2. The summed E-state index contributed by atoms with van der Waals surface area (Å²) in [5.74, 6) is 0.772. The zero-order chi connectivity index (χ0) is 39.3. The summed E-state index contributed by atoms with van der Waals surface area (Å²) in [4.78, 5) is 20.4. The summed E-state index contributed by atoms with van der Waals surface area (Å²) in [6.45, 7) is 4.69. The van der Waals surface area contributed by atoms with E-state index in [9.17, 15) is 31.1 Å². The molecule has 5 nitrogen and oxygen atoms in total. The molecule has 7 aromatic rings. The van der Waals surface area contributed by atoms with Gasteiger partial charge in [0.15, 0.2) is 6.29 Å². The van der Waals surface area contributed by atoms with Gasteiger partial charge in [-0.15, -0.1) is 0 Å². The molecule has 0 amide bonds. The predicted octanol–water partition coefficient (Wildman–Crippen LogP) is 11.6. The van der Waals surface area contributed by atoms with E-state index in [1.54, 1.807) is 25.3 Å². The summed E-state index contributed by atoms with van der Waals surface area (Å²) in [5.41, 5.74) is 3.87. The highest BCUT2D eigenvalue weighted by Crippen LogP contribution is 2.39. The fraction of sp³-hybridized carbons (Fsp3) is 0.159. The van der Waals surface area contributed by atoms with Crippen molar-refractivity contribution in [2.45, 2.75) is 39.3 Å². The standard InChI is InChI=1S/C26H23F3N2O.C18H12F3NO/c1-17-6-5-7-19-14-20(16-30-15-18-10-12-21(32-2)13-11-18)25(31-24(17)19)22-8-3-4-9-23(22)26(27,28)29;1-11-5-4-6-12-9-13(10-23)17(22-16(11)12)14-7-2-3-8-15(14)18(19,20)21/h3-14,30H,15-16H2,1-2H3;2-10H,1H3. The Morgan fingerprint density at radius 1 is 0.618 bits per heavy atom. The number of halogens is 6. The first-order valence-electron chi connectivity index (χ1n) is 17.2. The number of benzene rings is 5. The van der Waals surface area contributed by atoms with E-state index in [2.05, 4.69) is 10.3 Å². The van der Waals surface area contributed by atoms with E-state index in [-0.39, 0.29) is 22.4 Å². The molecule has 0 saturated heterocycles. The first-order valence-corrected chi connectivity index (χ1v) is 17.2. The Labute approximate surface area is 313 Å². The van der Waals surface area contributed by atoms with Crippen LogP contribution >= 0.6 is 0 Å². The molecule has 2 heterocycles. The van der Waals surface area contributed by atoms with Crippen LogP contribution in [0, 0.1) is 13.8 Å². The van der Waals surface area contributed by atoms with Crippen LogP contribution < -0.4 is 10.1 Å². The molecule has 0 spiro atoms. The molecule has 1 N–H and O–H groups in total. The summed E-state index contributed by atoms with van der Waals surface area (Å²) >= 11 is 0. The van der Waals surface area contributed by atoms with Gasteiger partial charge in [0, 0.05) is 40.6 Å². The number of nitrogens with zero attached hydrogens (tertiary/aromatic N) is 2. The molecule has 5 aromatic carbocycles. The normalized spacial score (nSPS) is 11.7. The Kier molecular flexibility index (Phi) is 11.3. The molecule has 11 heteroatoms. The molecule has 0 unspecified atom stereocenters. The van der Waals surface area contributed by atoms with Crippen molar-refractivity contribution in [1.82, 2.24) is 15.3 Å². The van der Waals surface area contributed by atoms with Crippen LogP contribution in [0.3, 0.4) is 0 Å². The van der Waals surface area contributed by atoms with Gasteiger partial charge < -0.3 is 10.1 Å². The lowest BCUT2D eigenvalue weighted by atomic mass is 9.97. The zero-order valence-corrected chi connectivity index (χ0v) is 30.0. The van der Waals surface area contributed by atoms with Gasteiger partial charge in [-0.05, 0) is 72.5 Å². The summed E-state index contributed by atoms with van der Waals surface area (Å²) in [5, 5.41) is 4.97. The Bertz CT molecular complexity index is 2480. The average Bonchev–Trinajstić information content (AvgIpc) is 3.17. The number of rotatable bonds is 8. The maximum absolute atomic E-state index is 13.7. The van der Waals surface area contributed by atoms with E-state index >= 15 is 0 Å². The first-order chi connectivity index (χ1) is 26.3. The minimum Gasteiger partial charge on any atom is -0.497 e. The third kappa shape index (κ3) is 8.68. The number of hydrogen-bond acceptors (Lipinski definition) is 5. The van der Waals surface area contributed by atoms with Gasteiger partial charge in [-0.25, -0.2) is 9.97 Å². The van der Waals surface area contributed by atoms with Crippen molar-refractivity contribution >= 4 is 28.1 Å². The Morgan fingerprint density at radius 3 is 1.65 bits per heavy atom. The Morgan fingerprint density at radius 2 is 1.13 bits per heavy atom. The van der Waals surface area contributed by atoms with Crippen molar-refractivity contribution in [2.24, 2.45) is 0 Å². The molecule has 0 aliphatic carbocycles. The monoisotopic (exact) mass is 751 g/mol. The zero-order valence-electron chi connectivity index (χ0n) is 30.0. The van der Waals surface area contributed by atoms with E-state index in [4.69, 9.17) is 9.72 Å².